The fraction of sp³-hybridized carbons (Fsp3) is 0.300. The number of hydrogen-bond acceptors (Lipinski definition) is 4. The summed E-state index contributed by atoms with van der Waals surface area (Å²) in [4.78, 5) is 28.1. The zero-order chi connectivity index (χ0) is 18.5. The molecule has 2 aromatic carbocycles. The van der Waals surface area contributed by atoms with E-state index in [0.29, 0.717) is 30.3 Å². The number of anilines is 1. The third kappa shape index (κ3) is 3.96. The Morgan fingerprint density at radius 1 is 1.04 bits per heavy atom. The smallest absolute Gasteiger partial charge is 0.242 e. The molecule has 0 aromatic heterocycles. The fourth-order valence-electron chi connectivity index (χ4n) is 2.85. The Bertz CT molecular complexity index is 792. The van der Waals surface area contributed by atoms with Crippen molar-refractivity contribution in [1.29, 1.82) is 0 Å². The molecule has 1 aliphatic rings. The largest absolute Gasteiger partial charge is 0.454 e. The fourth-order valence-corrected chi connectivity index (χ4v) is 2.85. The van der Waals surface area contributed by atoms with Crippen molar-refractivity contribution in [1.82, 2.24) is 4.90 Å². The van der Waals surface area contributed by atoms with Gasteiger partial charge in [-0.2, -0.15) is 0 Å². The van der Waals surface area contributed by atoms with Gasteiger partial charge in [0.2, 0.25) is 18.6 Å². The first-order valence-corrected chi connectivity index (χ1v) is 8.58. The maximum atomic E-state index is 12.8. The van der Waals surface area contributed by atoms with E-state index in [0.717, 1.165) is 5.56 Å². The topological polar surface area (TPSA) is 59.1 Å². The molecular formula is C20H22N2O4. The second-order valence-corrected chi connectivity index (χ2v) is 6.04. The van der Waals surface area contributed by atoms with E-state index in [4.69, 9.17) is 9.47 Å². The summed E-state index contributed by atoms with van der Waals surface area (Å²) in [5, 5.41) is 0. The van der Waals surface area contributed by atoms with Crippen LogP contribution in [0.4, 0.5) is 5.69 Å². The van der Waals surface area contributed by atoms with E-state index < -0.39 is 0 Å². The van der Waals surface area contributed by atoms with Crippen molar-refractivity contribution >= 4 is 17.5 Å². The minimum absolute atomic E-state index is 0.0182. The summed E-state index contributed by atoms with van der Waals surface area (Å²) in [6.07, 6.45) is 0. The molecule has 0 spiro atoms. The average molecular weight is 354 g/mol. The highest BCUT2D eigenvalue weighted by atomic mass is 16.7. The molecular weight excluding hydrogens is 332 g/mol. The highest BCUT2D eigenvalue weighted by Crippen LogP contribution is 2.35. The molecule has 1 heterocycles. The molecule has 0 fully saturated rings. The number of rotatable bonds is 6. The average Bonchev–Trinajstić information content (AvgIpc) is 3.12. The third-order valence-electron chi connectivity index (χ3n) is 4.29. The number of fused-ring (bicyclic) bond motifs is 1. The van der Waals surface area contributed by atoms with Gasteiger partial charge < -0.3 is 19.3 Å². The van der Waals surface area contributed by atoms with Gasteiger partial charge in [0.05, 0.1) is 0 Å². The number of ether oxygens (including phenoxy) is 2. The van der Waals surface area contributed by atoms with Gasteiger partial charge in [-0.25, -0.2) is 0 Å². The van der Waals surface area contributed by atoms with Crippen molar-refractivity contribution in [3.8, 4) is 11.5 Å². The molecule has 6 nitrogen and oxygen atoms in total. The van der Waals surface area contributed by atoms with Crippen LogP contribution in [0.2, 0.25) is 0 Å². The van der Waals surface area contributed by atoms with Crippen molar-refractivity contribution in [2.24, 2.45) is 0 Å². The van der Waals surface area contributed by atoms with Crippen molar-refractivity contribution in [3.05, 3.63) is 54.1 Å². The van der Waals surface area contributed by atoms with E-state index in [1.54, 1.807) is 23.1 Å². The number of likely N-dealkylation sites (N-methyl/N-ethyl adjacent to an activating group) is 1. The van der Waals surface area contributed by atoms with Gasteiger partial charge in [0, 0.05) is 31.8 Å². The molecule has 0 unspecified atom stereocenters. The van der Waals surface area contributed by atoms with Gasteiger partial charge in [-0.1, -0.05) is 30.3 Å². The van der Waals surface area contributed by atoms with Crippen LogP contribution in [0.3, 0.4) is 0 Å². The zero-order valence-corrected chi connectivity index (χ0v) is 15.0. The molecule has 1 aliphatic heterocycles. The predicted molar refractivity (Wildman–Crippen MR) is 98.1 cm³/mol. The Morgan fingerprint density at radius 2 is 1.77 bits per heavy atom. The summed E-state index contributed by atoms with van der Waals surface area (Å²) < 4.78 is 10.7. The van der Waals surface area contributed by atoms with Crippen LogP contribution in [0.5, 0.6) is 11.5 Å². The van der Waals surface area contributed by atoms with Crippen molar-refractivity contribution in [2.75, 3.05) is 24.8 Å². The van der Waals surface area contributed by atoms with E-state index in [-0.39, 0.29) is 25.2 Å². The molecule has 2 aromatic rings. The molecule has 136 valence electrons. The minimum atomic E-state index is -0.201. The first kappa shape index (κ1) is 17.8. The Morgan fingerprint density at radius 3 is 2.46 bits per heavy atom. The van der Waals surface area contributed by atoms with Crippen molar-refractivity contribution in [3.63, 3.8) is 0 Å². The van der Waals surface area contributed by atoms with E-state index in [1.165, 1.54) is 11.8 Å². The Kier molecular flexibility index (Phi) is 5.41. The first-order valence-electron chi connectivity index (χ1n) is 8.58. The second-order valence-electron chi connectivity index (χ2n) is 6.04. The number of carbonyl (C=O) groups is 2. The van der Waals surface area contributed by atoms with Crippen LogP contribution in [0.1, 0.15) is 19.4 Å². The van der Waals surface area contributed by atoms with Gasteiger partial charge in [-0.05, 0) is 24.6 Å². The van der Waals surface area contributed by atoms with Crippen molar-refractivity contribution < 1.29 is 19.1 Å². The summed E-state index contributed by atoms with van der Waals surface area (Å²) >= 11 is 0. The first-order chi connectivity index (χ1) is 12.6. The van der Waals surface area contributed by atoms with E-state index in [9.17, 15) is 9.59 Å². The summed E-state index contributed by atoms with van der Waals surface area (Å²) in [7, 11) is 0. The molecule has 3 rings (SSSR count). The normalized spacial score (nSPS) is 11.9. The molecule has 0 bridgehead atoms. The van der Waals surface area contributed by atoms with E-state index >= 15 is 0 Å². The molecule has 2 amide bonds. The lowest BCUT2D eigenvalue weighted by molar-refractivity contribution is -0.131. The Balaban J connectivity index is 1.74. The molecule has 0 atom stereocenters. The number of amides is 2. The Hall–Kier alpha value is -3.02. The lowest BCUT2D eigenvalue weighted by Gasteiger charge is -2.26. The third-order valence-corrected chi connectivity index (χ3v) is 4.29. The summed E-state index contributed by atoms with van der Waals surface area (Å²) in [6.45, 7) is 4.61. The van der Waals surface area contributed by atoms with Gasteiger partial charge in [-0.15, -0.1) is 0 Å². The molecule has 0 aliphatic carbocycles. The minimum Gasteiger partial charge on any atom is -0.454 e. The van der Waals surface area contributed by atoms with Crippen LogP contribution in [0.25, 0.3) is 0 Å². The van der Waals surface area contributed by atoms with Crippen LogP contribution in [0.15, 0.2) is 48.5 Å². The van der Waals surface area contributed by atoms with Gasteiger partial charge in [0.25, 0.3) is 0 Å². The van der Waals surface area contributed by atoms with Crippen LogP contribution in [-0.4, -0.2) is 36.6 Å². The number of benzene rings is 2. The molecule has 0 radical (unpaired) electrons. The quantitative estimate of drug-likeness (QED) is 0.800. The monoisotopic (exact) mass is 354 g/mol. The summed E-state index contributed by atoms with van der Waals surface area (Å²) in [5.41, 5.74) is 1.67. The number of nitrogens with zero attached hydrogens (tertiary/aromatic N) is 2. The predicted octanol–water partition coefficient (Wildman–Crippen LogP) is 2.82. The number of hydrogen-bond donors (Lipinski definition) is 0. The van der Waals surface area contributed by atoms with Crippen molar-refractivity contribution in [2.45, 2.75) is 20.4 Å². The van der Waals surface area contributed by atoms with Gasteiger partial charge >= 0.3 is 0 Å². The van der Waals surface area contributed by atoms with Gasteiger partial charge in [-0.3, -0.25) is 9.59 Å². The second kappa shape index (κ2) is 7.91. The Labute approximate surface area is 152 Å². The van der Waals surface area contributed by atoms with Crippen LogP contribution < -0.4 is 14.4 Å². The highest BCUT2D eigenvalue weighted by Gasteiger charge is 2.22. The molecule has 6 heteroatoms. The lowest BCUT2D eigenvalue weighted by atomic mass is 10.2. The maximum Gasteiger partial charge on any atom is 0.242 e. The SMILES string of the molecule is CCN(Cc1ccccc1)C(=O)CN(C(C)=O)c1ccc2c(c1)OCO2. The summed E-state index contributed by atoms with van der Waals surface area (Å²) in [6, 6.07) is 15.0. The van der Waals surface area contributed by atoms with Crippen LogP contribution in [-0.2, 0) is 16.1 Å². The molecule has 26 heavy (non-hydrogen) atoms. The van der Waals surface area contributed by atoms with Crippen LogP contribution >= 0.6 is 0 Å². The van der Waals surface area contributed by atoms with E-state index in [2.05, 4.69) is 0 Å². The maximum absolute atomic E-state index is 12.8. The van der Waals surface area contributed by atoms with E-state index in [1.807, 2.05) is 37.3 Å². The molecule has 0 N–H and O–H groups in total. The van der Waals surface area contributed by atoms with Gasteiger partial charge in [0.1, 0.15) is 6.54 Å². The molecule has 0 saturated carbocycles. The number of carbonyl (C=O) groups excluding carboxylic acids is 2. The summed E-state index contributed by atoms with van der Waals surface area (Å²) in [5.74, 6) is 0.915. The standard InChI is InChI=1S/C20H22N2O4/c1-3-21(12-16-7-5-4-6-8-16)20(24)13-22(15(2)23)17-9-10-18-19(11-17)26-14-25-18/h4-11H,3,12-14H2,1-2H3. The molecule has 0 saturated heterocycles. The van der Waals surface area contributed by atoms with Gasteiger partial charge in [0.15, 0.2) is 11.5 Å². The van der Waals surface area contributed by atoms with Crippen LogP contribution in [0, 0.1) is 0 Å². The highest BCUT2D eigenvalue weighted by molar-refractivity contribution is 5.97. The lowest BCUT2D eigenvalue weighted by Crippen LogP contribution is -2.42. The zero-order valence-electron chi connectivity index (χ0n) is 15.0.